The van der Waals surface area contributed by atoms with E-state index in [1.807, 2.05) is 0 Å². The summed E-state index contributed by atoms with van der Waals surface area (Å²) in [5, 5.41) is 0. The molecule has 90 valence electrons. The molecule has 0 saturated heterocycles. The molecule has 0 aliphatic carbocycles. The number of rotatable bonds is 2. The van der Waals surface area contributed by atoms with Crippen LogP contribution in [0.4, 0.5) is 13.2 Å². The molecule has 0 aliphatic rings. The predicted octanol–water partition coefficient (Wildman–Crippen LogP) is 2.30. The second-order valence-corrected chi connectivity index (χ2v) is 5.25. The van der Waals surface area contributed by atoms with Gasteiger partial charge in [0.2, 0.25) is 0 Å². The van der Waals surface area contributed by atoms with Gasteiger partial charge < -0.3 is 4.74 Å². The van der Waals surface area contributed by atoms with Crippen LogP contribution in [0.5, 0.6) is 5.75 Å². The Bertz CT molecular complexity index is 491. The topological polar surface area (TPSA) is 43.4 Å². The molecule has 0 N–H and O–H groups in total. The minimum Gasteiger partial charge on any atom is -0.404 e. The van der Waals surface area contributed by atoms with Gasteiger partial charge in [0.15, 0.2) is 9.84 Å². The fourth-order valence-corrected chi connectivity index (χ4v) is 1.99. The molecule has 0 atom stereocenters. The minimum absolute atomic E-state index is 0.468. The third kappa shape index (κ3) is 3.41. The van der Waals surface area contributed by atoms with Gasteiger partial charge in [-0.2, -0.15) is 0 Å². The molecule has 7 heteroatoms. The molecule has 0 aliphatic heterocycles. The van der Waals surface area contributed by atoms with Crippen LogP contribution < -0.4 is 4.74 Å². The molecule has 3 nitrogen and oxygen atoms in total. The maximum Gasteiger partial charge on any atom is 0.573 e. The van der Waals surface area contributed by atoms with E-state index in [2.05, 4.69) is 4.74 Å². The van der Waals surface area contributed by atoms with Gasteiger partial charge >= 0.3 is 6.36 Å². The number of benzene rings is 1. The van der Waals surface area contributed by atoms with Crippen LogP contribution >= 0.6 is 0 Å². The van der Waals surface area contributed by atoms with E-state index in [-0.39, 0.29) is 0 Å². The Balaban J connectivity index is 3.30. The quantitative estimate of drug-likeness (QED) is 0.813. The number of alkyl halides is 3. The Labute approximate surface area is 90.8 Å². The van der Waals surface area contributed by atoms with E-state index < -0.39 is 26.8 Å². The van der Waals surface area contributed by atoms with Gasteiger partial charge in [0.05, 0.1) is 0 Å². The summed E-state index contributed by atoms with van der Waals surface area (Å²) in [5.41, 5.74) is 0.537. The van der Waals surface area contributed by atoms with Gasteiger partial charge in [-0.05, 0) is 24.6 Å². The number of sulfone groups is 1. The summed E-state index contributed by atoms with van der Waals surface area (Å²) in [6.07, 6.45) is -4.08. The summed E-state index contributed by atoms with van der Waals surface area (Å²) in [5.74, 6) is -0.708. The lowest BCUT2D eigenvalue weighted by molar-refractivity contribution is -0.275. The van der Waals surface area contributed by atoms with Crippen LogP contribution in [0.1, 0.15) is 5.56 Å². The van der Waals surface area contributed by atoms with Gasteiger partial charge in [0.1, 0.15) is 10.6 Å². The van der Waals surface area contributed by atoms with Crippen molar-refractivity contribution < 1.29 is 26.3 Å². The average Bonchev–Trinajstić information content (AvgIpc) is 2.04. The van der Waals surface area contributed by atoms with Crippen LogP contribution in [-0.2, 0) is 9.84 Å². The first-order valence-electron chi connectivity index (χ1n) is 4.16. The van der Waals surface area contributed by atoms with E-state index in [0.717, 1.165) is 18.4 Å². The predicted molar refractivity (Wildman–Crippen MR) is 51.0 cm³/mol. The lowest BCUT2D eigenvalue weighted by atomic mass is 10.2. The van der Waals surface area contributed by atoms with Gasteiger partial charge in [-0.1, -0.05) is 6.07 Å². The van der Waals surface area contributed by atoms with E-state index in [4.69, 9.17) is 0 Å². The fourth-order valence-electron chi connectivity index (χ4n) is 1.11. The summed E-state index contributed by atoms with van der Waals surface area (Å²) in [6, 6.07) is 3.46. The van der Waals surface area contributed by atoms with Crippen molar-refractivity contribution in [2.45, 2.75) is 18.2 Å². The molecule has 1 aromatic carbocycles. The molecular weight excluding hydrogens is 245 g/mol. The Morgan fingerprint density at radius 1 is 1.25 bits per heavy atom. The largest absolute Gasteiger partial charge is 0.573 e. The Kier molecular flexibility index (Phi) is 3.18. The molecule has 1 aromatic rings. The summed E-state index contributed by atoms with van der Waals surface area (Å²) in [6.45, 7) is 1.58. The summed E-state index contributed by atoms with van der Waals surface area (Å²) < 4.78 is 62.1. The Morgan fingerprint density at radius 2 is 1.81 bits per heavy atom. The van der Waals surface area contributed by atoms with Gasteiger partial charge in [0.25, 0.3) is 0 Å². The van der Waals surface area contributed by atoms with Crippen molar-refractivity contribution in [2.75, 3.05) is 6.26 Å². The Morgan fingerprint density at radius 3 is 2.25 bits per heavy atom. The van der Waals surface area contributed by atoms with Crippen LogP contribution in [0.15, 0.2) is 23.1 Å². The molecule has 0 amide bonds. The third-order valence-corrected chi connectivity index (χ3v) is 2.84. The molecule has 0 saturated carbocycles. The lowest BCUT2D eigenvalue weighted by Gasteiger charge is -2.12. The minimum atomic E-state index is -4.91. The summed E-state index contributed by atoms with van der Waals surface area (Å²) in [4.78, 5) is -0.468. The monoisotopic (exact) mass is 254 g/mol. The van der Waals surface area contributed by atoms with Crippen molar-refractivity contribution in [3.8, 4) is 5.75 Å². The van der Waals surface area contributed by atoms with E-state index in [1.165, 1.54) is 6.07 Å². The number of aryl methyl sites for hydroxylation is 1. The molecule has 0 radical (unpaired) electrons. The van der Waals surface area contributed by atoms with Gasteiger partial charge in [-0.3, -0.25) is 0 Å². The van der Waals surface area contributed by atoms with E-state index in [1.54, 1.807) is 6.92 Å². The molecule has 0 unspecified atom stereocenters. The molecule has 1 rings (SSSR count). The number of hydrogen-bond acceptors (Lipinski definition) is 3. The van der Waals surface area contributed by atoms with Crippen LogP contribution in [0.2, 0.25) is 0 Å². The summed E-state index contributed by atoms with van der Waals surface area (Å²) >= 11 is 0. The zero-order chi connectivity index (χ0) is 12.6. The molecule has 0 heterocycles. The van der Waals surface area contributed by atoms with Gasteiger partial charge in [-0.25, -0.2) is 8.42 Å². The van der Waals surface area contributed by atoms with Crippen molar-refractivity contribution in [1.82, 2.24) is 0 Å². The maximum absolute atomic E-state index is 12.0. The van der Waals surface area contributed by atoms with Gasteiger partial charge in [-0.15, -0.1) is 13.2 Å². The molecule has 0 fully saturated rings. The van der Waals surface area contributed by atoms with Crippen molar-refractivity contribution in [3.05, 3.63) is 23.8 Å². The molecule has 16 heavy (non-hydrogen) atoms. The van der Waals surface area contributed by atoms with Crippen LogP contribution in [0.3, 0.4) is 0 Å². The number of ether oxygens (including phenoxy) is 1. The van der Waals surface area contributed by atoms with Crippen LogP contribution in [0.25, 0.3) is 0 Å². The highest BCUT2D eigenvalue weighted by Crippen LogP contribution is 2.30. The maximum atomic E-state index is 12.0. The molecular formula is C9H9F3O3S. The zero-order valence-corrected chi connectivity index (χ0v) is 9.32. The average molecular weight is 254 g/mol. The highest BCUT2D eigenvalue weighted by molar-refractivity contribution is 7.90. The molecule has 0 spiro atoms. The Hall–Kier alpha value is -1.24. The first-order chi connectivity index (χ1) is 7.09. The molecule has 0 bridgehead atoms. The van der Waals surface area contributed by atoms with E-state index in [0.29, 0.717) is 5.56 Å². The summed E-state index contributed by atoms with van der Waals surface area (Å²) in [7, 11) is -3.75. The highest BCUT2D eigenvalue weighted by Gasteiger charge is 2.33. The normalized spacial score (nSPS) is 12.6. The number of hydrogen-bond donors (Lipinski definition) is 0. The van der Waals surface area contributed by atoms with E-state index in [9.17, 15) is 21.6 Å². The zero-order valence-electron chi connectivity index (χ0n) is 8.50. The second kappa shape index (κ2) is 3.97. The fraction of sp³-hybridized carbons (Fsp3) is 0.333. The van der Waals surface area contributed by atoms with Crippen molar-refractivity contribution in [1.29, 1.82) is 0 Å². The number of halogens is 3. The first kappa shape index (κ1) is 12.8. The van der Waals surface area contributed by atoms with Crippen molar-refractivity contribution in [2.24, 2.45) is 0 Å². The SMILES string of the molecule is Cc1ccc(OC(F)(F)F)c(S(C)(=O)=O)c1. The standard InChI is InChI=1S/C9H9F3O3S/c1-6-3-4-7(15-9(10,11)12)8(5-6)16(2,13)14/h3-5H,1-2H3. The smallest absolute Gasteiger partial charge is 0.404 e. The second-order valence-electron chi connectivity index (χ2n) is 3.27. The van der Waals surface area contributed by atoms with Crippen LogP contribution in [-0.4, -0.2) is 21.0 Å². The van der Waals surface area contributed by atoms with Crippen molar-refractivity contribution >= 4 is 9.84 Å². The first-order valence-corrected chi connectivity index (χ1v) is 6.05. The highest BCUT2D eigenvalue weighted by atomic mass is 32.2. The lowest BCUT2D eigenvalue weighted by Crippen LogP contribution is -2.18. The van der Waals surface area contributed by atoms with Crippen molar-refractivity contribution in [3.63, 3.8) is 0 Å². The third-order valence-electron chi connectivity index (χ3n) is 1.72. The van der Waals surface area contributed by atoms with E-state index >= 15 is 0 Å². The van der Waals surface area contributed by atoms with Gasteiger partial charge in [0, 0.05) is 6.26 Å². The molecule has 0 aromatic heterocycles. The van der Waals surface area contributed by atoms with Crippen LogP contribution in [0, 0.1) is 6.92 Å².